The summed E-state index contributed by atoms with van der Waals surface area (Å²) in [6, 6.07) is 23.3. The number of fused-ring (bicyclic) bond motifs is 1. The minimum atomic E-state index is -0.360. The van der Waals surface area contributed by atoms with Crippen molar-refractivity contribution < 1.29 is 9.53 Å². The Balaban J connectivity index is 1.69. The molecule has 1 unspecified atom stereocenters. The Kier molecular flexibility index (Phi) is 5.69. The third-order valence-electron chi connectivity index (χ3n) is 4.95. The zero-order valence-corrected chi connectivity index (χ0v) is 17.5. The number of aryl methyl sites for hydroxylation is 1. The molecule has 1 heterocycles. The highest BCUT2D eigenvalue weighted by Crippen LogP contribution is 2.43. The molecule has 5 heteroatoms. The summed E-state index contributed by atoms with van der Waals surface area (Å²) < 4.78 is 6.58. The molecule has 3 aromatic rings. The van der Waals surface area contributed by atoms with E-state index in [1.165, 1.54) is 0 Å². The molecule has 0 bridgehead atoms. The molecule has 0 aliphatic carbocycles. The van der Waals surface area contributed by atoms with Crippen LogP contribution in [0.4, 0.5) is 10.5 Å². The first-order chi connectivity index (χ1) is 13.6. The number of amides is 1. The van der Waals surface area contributed by atoms with Crippen LogP contribution in [-0.2, 0) is 17.8 Å². The Morgan fingerprint density at radius 2 is 1.86 bits per heavy atom. The normalized spacial score (nSPS) is 15.8. The fourth-order valence-electron chi connectivity index (χ4n) is 3.65. The minimum absolute atomic E-state index is 0.131. The molecule has 1 aliphatic heterocycles. The first-order valence-corrected chi connectivity index (χ1v) is 10.3. The fourth-order valence-corrected chi connectivity index (χ4v) is 4.44. The van der Waals surface area contributed by atoms with Crippen LogP contribution >= 0.6 is 27.5 Å². The molecule has 1 atom stereocenters. The van der Waals surface area contributed by atoms with Gasteiger partial charge in [0.1, 0.15) is 6.61 Å². The molecular formula is C23H19BrClNO2. The SMILES string of the molecule is O=C(OCc1ccccc1)N1c2c(Br)cccc2CCC1c1cccc(Cl)c1. The lowest BCUT2D eigenvalue weighted by Crippen LogP contribution is -2.39. The monoisotopic (exact) mass is 455 g/mol. The molecule has 28 heavy (non-hydrogen) atoms. The van der Waals surface area contributed by atoms with Crippen molar-refractivity contribution in [2.24, 2.45) is 0 Å². The van der Waals surface area contributed by atoms with Gasteiger partial charge in [0.15, 0.2) is 0 Å². The van der Waals surface area contributed by atoms with Crippen LogP contribution in [0.25, 0.3) is 0 Å². The van der Waals surface area contributed by atoms with Crippen LogP contribution in [0.1, 0.15) is 29.2 Å². The topological polar surface area (TPSA) is 29.5 Å². The van der Waals surface area contributed by atoms with E-state index in [0.717, 1.165) is 39.7 Å². The summed E-state index contributed by atoms with van der Waals surface area (Å²) in [6.07, 6.45) is 1.33. The number of hydrogen-bond donors (Lipinski definition) is 0. The predicted molar refractivity (Wildman–Crippen MR) is 116 cm³/mol. The molecule has 0 fully saturated rings. The number of hydrogen-bond acceptors (Lipinski definition) is 2. The number of rotatable bonds is 3. The van der Waals surface area contributed by atoms with Crippen molar-refractivity contribution in [1.82, 2.24) is 0 Å². The molecule has 3 aromatic carbocycles. The molecule has 1 aliphatic rings. The van der Waals surface area contributed by atoms with Crippen molar-refractivity contribution in [3.63, 3.8) is 0 Å². The Bertz CT molecular complexity index is 993. The number of para-hydroxylation sites is 1. The number of carbonyl (C=O) groups is 1. The highest BCUT2D eigenvalue weighted by molar-refractivity contribution is 9.10. The molecule has 1 amide bonds. The standard InChI is InChI=1S/C23H19BrClNO2/c24-20-11-5-8-17-12-13-21(18-9-4-10-19(25)14-18)26(22(17)20)23(27)28-15-16-6-2-1-3-7-16/h1-11,14,21H,12-13,15H2. The third kappa shape index (κ3) is 3.94. The van der Waals surface area contributed by atoms with Crippen molar-refractivity contribution in [2.45, 2.75) is 25.5 Å². The summed E-state index contributed by atoms with van der Waals surface area (Å²) in [7, 11) is 0. The lowest BCUT2D eigenvalue weighted by atomic mass is 9.91. The van der Waals surface area contributed by atoms with Crippen molar-refractivity contribution >= 4 is 39.3 Å². The number of ether oxygens (including phenoxy) is 1. The lowest BCUT2D eigenvalue weighted by Gasteiger charge is -2.37. The van der Waals surface area contributed by atoms with Crippen LogP contribution in [0.15, 0.2) is 77.3 Å². The smallest absolute Gasteiger partial charge is 0.415 e. The van der Waals surface area contributed by atoms with Gasteiger partial charge < -0.3 is 4.74 Å². The predicted octanol–water partition coefficient (Wildman–Crippen LogP) is 6.93. The zero-order chi connectivity index (χ0) is 19.5. The van der Waals surface area contributed by atoms with Gasteiger partial charge in [-0.2, -0.15) is 0 Å². The fraction of sp³-hybridized carbons (Fsp3) is 0.174. The number of benzene rings is 3. The molecule has 4 rings (SSSR count). The maximum Gasteiger partial charge on any atom is 0.415 e. The van der Waals surface area contributed by atoms with Gasteiger partial charge in [-0.1, -0.05) is 66.2 Å². The molecule has 0 saturated carbocycles. The molecular weight excluding hydrogens is 438 g/mol. The summed E-state index contributed by atoms with van der Waals surface area (Å²) in [4.78, 5) is 15.0. The van der Waals surface area contributed by atoms with Gasteiger partial charge in [-0.25, -0.2) is 4.79 Å². The van der Waals surface area contributed by atoms with E-state index >= 15 is 0 Å². The van der Waals surface area contributed by atoms with Gasteiger partial charge in [-0.15, -0.1) is 0 Å². The summed E-state index contributed by atoms with van der Waals surface area (Å²) in [5.41, 5.74) is 3.96. The summed E-state index contributed by atoms with van der Waals surface area (Å²) in [5.74, 6) is 0. The van der Waals surface area contributed by atoms with E-state index in [1.54, 1.807) is 4.90 Å². The van der Waals surface area contributed by atoms with Crippen LogP contribution in [-0.4, -0.2) is 6.09 Å². The molecule has 3 nitrogen and oxygen atoms in total. The summed E-state index contributed by atoms with van der Waals surface area (Å²) >= 11 is 9.85. The van der Waals surface area contributed by atoms with E-state index in [2.05, 4.69) is 22.0 Å². The molecule has 0 aromatic heterocycles. The number of nitrogens with zero attached hydrogens (tertiary/aromatic N) is 1. The van der Waals surface area contributed by atoms with Crippen LogP contribution in [0.5, 0.6) is 0 Å². The quantitative estimate of drug-likeness (QED) is 0.427. The highest BCUT2D eigenvalue weighted by atomic mass is 79.9. The van der Waals surface area contributed by atoms with E-state index in [1.807, 2.05) is 66.7 Å². The molecule has 0 radical (unpaired) electrons. The van der Waals surface area contributed by atoms with E-state index in [4.69, 9.17) is 16.3 Å². The van der Waals surface area contributed by atoms with Gasteiger partial charge in [0, 0.05) is 9.50 Å². The van der Waals surface area contributed by atoms with E-state index in [9.17, 15) is 4.79 Å². The zero-order valence-electron chi connectivity index (χ0n) is 15.1. The van der Waals surface area contributed by atoms with Gasteiger partial charge in [-0.05, 0) is 63.7 Å². The van der Waals surface area contributed by atoms with Crippen molar-refractivity contribution in [2.75, 3.05) is 4.90 Å². The van der Waals surface area contributed by atoms with Crippen molar-refractivity contribution in [3.05, 3.63) is 99.0 Å². The van der Waals surface area contributed by atoms with Crippen molar-refractivity contribution in [1.29, 1.82) is 0 Å². The Morgan fingerprint density at radius 3 is 2.64 bits per heavy atom. The Hall–Kier alpha value is -2.30. The Labute approximate surface area is 178 Å². The third-order valence-corrected chi connectivity index (χ3v) is 5.82. The van der Waals surface area contributed by atoms with Gasteiger partial charge in [0.2, 0.25) is 0 Å². The summed E-state index contributed by atoms with van der Waals surface area (Å²) in [6.45, 7) is 0.234. The number of anilines is 1. The molecule has 0 spiro atoms. The second-order valence-corrected chi connectivity index (χ2v) is 8.06. The minimum Gasteiger partial charge on any atom is -0.444 e. The average molecular weight is 457 g/mol. The van der Waals surface area contributed by atoms with E-state index in [0.29, 0.717) is 5.02 Å². The van der Waals surface area contributed by atoms with Gasteiger partial charge >= 0.3 is 6.09 Å². The molecule has 0 saturated heterocycles. The first kappa shape index (κ1) is 19.0. The average Bonchev–Trinajstić information content (AvgIpc) is 2.72. The van der Waals surface area contributed by atoms with E-state index < -0.39 is 0 Å². The highest BCUT2D eigenvalue weighted by Gasteiger charge is 2.34. The van der Waals surface area contributed by atoms with Crippen LogP contribution in [0.3, 0.4) is 0 Å². The second kappa shape index (κ2) is 8.38. The largest absolute Gasteiger partial charge is 0.444 e. The number of carbonyl (C=O) groups excluding carboxylic acids is 1. The molecule has 0 N–H and O–H groups in total. The van der Waals surface area contributed by atoms with Gasteiger partial charge in [0.25, 0.3) is 0 Å². The summed E-state index contributed by atoms with van der Waals surface area (Å²) in [5, 5.41) is 0.660. The van der Waals surface area contributed by atoms with E-state index in [-0.39, 0.29) is 18.7 Å². The van der Waals surface area contributed by atoms with Crippen LogP contribution in [0, 0.1) is 0 Å². The second-order valence-electron chi connectivity index (χ2n) is 6.77. The van der Waals surface area contributed by atoms with Gasteiger partial charge in [-0.3, -0.25) is 4.90 Å². The maximum absolute atomic E-state index is 13.2. The Morgan fingerprint density at radius 1 is 1.07 bits per heavy atom. The number of halogens is 2. The van der Waals surface area contributed by atoms with Crippen LogP contribution in [0.2, 0.25) is 5.02 Å². The van der Waals surface area contributed by atoms with Gasteiger partial charge in [0.05, 0.1) is 11.7 Å². The first-order valence-electron chi connectivity index (χ1n) is 9.16. The maximum atomic E-state index is 13.2. The lowest BCUT2D eigenvalue weighted by molar-refractivity contribution is 0.143. The van der Waals surface area contributed by atoms with Crippen LogP contribution < -0.4 is 4.90 Å². The van der Waals surface area contributed by atoms with Crippen molar-refractivity contribution in [3.8, 4) is 0 Å². The molecule has 142 valence electrons.